The van der Waals surface area contributed by atoms with Crippen LogP contribution < -0.4 is 0 Å². The van der Waals surface area contributed by atoms with Gasteiger partial charge in [0.05, 0.1) is 5.56 Å². The lowest BCUT2D eigenvalue weighted by atomic mass is 10.1. The molecule has 0 amide bonds. The van der Waals surface area contributed by atoms with Gasteiger partial charge < -0.3 is 4.74 Å². The molecule has 0 saturated carbocycles. The molecule has 3 heteroatoms. The van der Waals surface area contributed by atoms with Gasteiger partial charge in [0, 0.05) is 0 Å². The van der Waals surface area contributed by atoms with Gasteiger partial charge in [-0.25, -0.2) is 9.18 Å². The number of ether oxygens (including phenoxy) is 1. The van der Waals surface area contributed by atoms with Crippen molar-refractivity contribution in [3.05, 3.63) is 83.7 Å². The van der Waals surface area contributed by atoms with Gasteiger partial charge in [0.15, 0.2) is 0 Å². The first kappa shape index (κ1) is 14.3. The second kappa shape index (κ2) is 5.98. The molecule has 0 unspecified atom stereocenters. The Morgan fingerprint density at radius 1 is 0.955 bits per heavy atom. The van der Waals surface area contributed by atoms with E-state index in [1.54, 1.807) is 25.1 Å². The minimum atomic E-state index is -0.431. The van der Waals surface area contributed by atoms with Gasteiger partial charge in [0.25, 0.3) is 0 Å². The van der Waals surface area contributed by atoms with Gasteiger partial charge in [-0.1, -0.05) is 42.5 Å². The Hall–Kier alpha value is -2.68. The molecule has 110 valence electrons. The van der Waals surface area contributed by atoms with Crippen molar-refractivity contribution in [2.24, 2.45) is 0 Å². The van der Waals surface area contributed by atoms with Gasteiger partial charge in [0.2, 0.25) is 0 Å². The predicted molar refractivity (Wildman–Crippen MR) is 84.2 cm³/mol. The van der Waals surface area contributed by atoms with Crippen LogP contribution in [0.25, 0.3) is 10.8 Å². The molecule has 0 saturated heterocycles. The molecular formula is C19H15FO2. The largest absolute Gasteiger partial charge is 0.454 e. The average Bonchev–Trinajstić information content (AvgIpc) is 2.55. The Morgan fingerprint density at radius 2 is 1.64 bits per heavy atom. The van der Waals surface area contributed by atoms with E-state index in [1.807, 2.05) is 36.4 Å². The van der Waals surface area contributed by atoms with Gasteiger partial charge in [-0.15, -0.1) is 0 Å². The Balaban J connectivity index is 1.79. The summed E-state index contributed by atoms with van der Waals surface area (Å²) in [5.41, 5.74) is 1.27. The second-order valence-electron chi connectivity index (χ2n) is 5.16. The number of esters is 1. The summed E-state index contributed by atoms with van der Waals surface area (Å²) in [7, 11) is 0. The lowest BCUT2D eigenvalue weighted by molar-refractivity contribution is 0.0338. The summed E-state index contributed by atoms with van der Waals surface area (Å²) in [5, 5.41) is 2.07. The van der Waals surface area contributed by atoms with Crippen LogP contribution in [-0.4, -0.2) is 5.97 Å². The van der Waals surface area contributed by atoms with Crippen LogP contribution in [-0.2, 0) is 4.74 Å². The molecule has 0 heterocycles. The van der Waals surface area contributed by atoms with Crippen LogP contribution in [0.3, 0.4) is 0 Å². The highest BCUT2D eigenvalue weighted by Crippen LogP contribution is 2.21. The number of rotatable bonds is 3. The van der Waals surface area contributed by atoms with E-state index in [9.17, 15) is 9.18 Å². The standard InChI is InChI=1S/C19H15FO2/c1-13(14-8-10-18(20)11-9-14)22-19(21)17-7-6-15-4-2-3-5-16(15)12-17/h2-13H,1H3/t13-/m1/s1. The third-order valence-electron chi connectivity index (χ3n) is 3.61. The number of hydrogen-bond acceptors (Lipinski definition) is 2. The molecule has 0 spiro atoms. The van der Waals surface area contributed by atoms with Crippen LogP contribution in [0.15, 0.2) is 66.7 Å². The van der Waals surface area contributed by atoms with Crippen LogP contribution >= 0.6 is 0 Å². The summed E-state index contributed by atoms with van der Waals surface area (Å²) in [5.74, 6) is -0.695. The molecule has 3 aromatic rings. The third kappa shape index (κ3) is 2.98. The molecule has 0 radical (unpaired) electrons. The minimum Gasteiger partial charge on any atom is -0.454 e. The fourth-order valence-electron chi connectivity index (χ4n) is 2.35. The molecule has 0 aliphatic rings. The number of carbonyl (C=O) groups is 1. The van der Waals surface area contributed by atoms with Crippen LogP contribution in [0.5, 0.6) is 0 Å². The quantitative estimate of drug-likeness (QED) is 0.642. The Bertz CT molecular complexity index is 809. The van der Waals surface area contributed by atoms with Crippen molar-refractivity contribution in [1.29, 1.82) is 0 Å². The molecule has 22 heavy (non-hydrogen) atoms. The van der Waals surface area contributed by atoms with Crippen molar-refractivity contribution >= 4 is 16.7 Å². The number of hydrogen-bond donors (Lipinski definition) is 0. The van der Waals surface area contributed by atoms with Crippen LogP contribution in [0.1, 0.15) is 28.9 Å². The van der Waals surface area contributed by atoms with Gasteiger partial charge in [-0.2, -0.15) is 0 Å². The highest BCUT2D eigenvalue weighted by atomic mass is 19.1. The molecule has 0 aromatic heterocycles. The highest BCUT2D eigenvalue weighted by Gasteiger charge is 2.14. The van der Waals surface area contributed by atoms with Gasteiger partial charge in [-0.3, -0.25) is 0 Å². The number of benzene rings is 3. The van der Waals surface area contributed by atoms with Crippen molar-refractivity contribution in [3.8, 4) is 0 Å². The zero-order chi connectivity index (χ0) is 15.5. The van der Waals surface area contributed by atoms with E-state index in [4.69, 9.17) is 4.74 Å². The summed E-state index contributed by atoms with van der Waals surface area (Å²) in [6.07, 6.45) is -0.431. The Labute approximate surface area is 128 Å². The fraction of sp³-hybridized carbons (Fsp3) is 0.105. The molecule has 0 aliphatic carbocycles. The predicted octanol–water partition coefficient (Wildman–Crippen LogP) is 4.90. The number of carbonyl (C=O) groups excluding carboxylic acids is 1. The normalized spacial score (nSPS) is 12.1. The highest BCUT2D eigenvalue weighted by molar-refractivity contribution is 5.95. The summed E-state index contributed by atoms with van der Waals surface area (Å²) in [6.45, 7) is 1.77. The Morgan fingerprint density at radius 3 is 2.36 bits per heavy atom. The maximum Gasteiger partial charge on any atom is 0.338 e. The van der Waals surface area contributed by atoms with Crippen LogP contribution in [0, 0.1) is 5.82 Å². The summed E-state index contributed by atoms with van der Waals surface area (Å²) in [4.78, 5) is 12.2. The monoisotopic (exact) mass is 294 g/mol. The smallest absolute Gasteiger partial charge is 0.338 e. The molecule has 0 N–H and O–H groups in total. The van der Waals surface area contributed by atoms with Gasteiger partial charge in [0.1, 0.15) is 11.9 Å². The summed E-state index contributed by atoms with van der Waals surface area (Å²) >= 11 is 0. The average molecular weight is 294 g/mol. The van der Waals surface area contributed by atoms with Crippen molar-refractivity contribution in [3.63, 3.8) is 0 Å². The molecule has 0 bridgehead atoms. The molecule has 2 nitrogen and oxygen atoms in total. The molecule has 0 fully saturated rings. The first-order valence-electron chi connectivity index (χ1n) is 7.09. The maximum absolute atomic E-state index is 12.9. The first-order valence-corrected chi connectivity index (χ1v) is 7.09. The van der Waals surface area contributed by atoms with E-state index in [2.05, 4.69) is 0 Å². The van der Waals surface area contributed by atoms with Crippen molar-refractivity contribution in [2.75, 3.05) is 0 Å². The zero-order valence-electron chi connectivity index (χ0n) is 12.1. The van der Waals surface area contributed by atoms with E-state index in [0.29, 0.717) is 5.56 Å². The zero-order valence-corrected chi connectivity index (χ0v) is 12.1. The molecule has 1 atom stereocenters. The maximum atomic E-state index is 12.9. The summed E-state index contributed by atoms with van der Waals surface area (Å²) < 4.78 is 18.4. The van der Waals surface area contributed by atoms with Crippen molar-refractivity contribution < 1.29 is 13.9 Å². The van der Waals surface area contributed by atoms with Crippen molar-refractivity contribution in [2.45, 2.75) is 13.0 Å². The minimum absolute atomic E-state index is 0.309. The molecule has 3 aromatic carbocycles. The third-order valence-corrected chi connectivity index (χ3v) is 3.61. The van der Waals surface area contributed by atoms with Crippen molar-refractivity contribution in [1.82, 2.24) is 0 Å². The lowest BCUT2D eigenvalue weighted by Crippen LogP contribution is -2.09. The van der Waals surface area contributed by atoms with Crippen LogP contribution in [0.4, 0.5) is 4.39 Å². The topological polar surface area (TPSA) is 26.3 Å². The number of fused-ring (bicyclic) bond motifs is 1. The molecule has 3 rings (SSSR count). The van der Waals surface area contributed by atoms with Gasteiger partial charge in [-0.05, 0) is 47.5 Å². The van der Waals surface area contributed by atoms with Gasteiger partial charge >= 0.3 is 5.97 Å². The van der Waals surface area contributed by atoms with E-state index in [-0.39, 0.29) is 11.8 Å². The fourth-order valence-corrected chi connectivity index (χ4v) is 2.35. The number of halogens is 1. The SMILES string of the molecule is C[C@@H](OC(=O)c1ccc2ccccc2c1)c1ccc(F)cc1. The summed E-state index contributed by atoms with van der Waals surface area (Å²) in [6, 6.07) is 19.2. The van der Waals surface area contributed by atoms with E-state index >= 15 is 0 Å². The lowest BCUT2D eigenvalue weighted by Gasteiger charge is -2.14. The molecule has 0 aliphatic heterocycles. The van der Waals surface area contributed by atoms with E-state index in [1.165, 1.54) is 12.1 Å². The molecular weight excluding hydrogens is 279 g/mol. The first-order chi connectivity index (χ1) is 10.6. The van der Waals surface area contributed by atoms with E-state index < -0.39 is 6.10 Å². The van der Waals surface area contributed by atoms with Crippen LogP contribution in [0.2, 0.25) is 0 Å². The Kier molecular flexibility index (Phi) is 3.88. The second-order valence-corrected chi connectivity index (χ2v) is 5.16. The van der Waals surface area contributed by atoms with E-state index in [0.717, 1.165) is 16.3 Å².